The molecule has 180 valence electrons. The second kappa shape index (κ2) is 14.8. The van der Waals surface area contributed by atoms with E-state index in [1.165, 1.54) is 56.9 Å². The minimum atomic E-state index is 0.678. The lowest BCUT2D eigenvalue weighted by molar-refractivity contribution is 0.112. The van der Waals surface area contributed by atoms with E-state index >= 15 is 0 Å². The number of hydrogen-bond donors (Lipinski definition) is 0. The van der Waals surface area contributed by atoms with E-state index < -0.39 is 0 Å². The van der Waals surface area contributed by atoms with Crippen LogP contribution in [0.3, 0.4) is 0 Å². The molecule has 3 rings (SSSR count). The Morgan fingerprint density at radius 1 is 0.727 bits per heavy atom. The molecule has 1 fully saturated rings. The highest BCUT2D eigenvalue weighted by molar-refractivity contribution is 5.74. The van der Waals surface area contributed by atoms with Gasteiger partial charge in [0.2, 0.25) is 0 Å². The quantitative estimate of drug-likeness (QED) is 0.202. The summed E-state index contributed by atoms with van der Waals surface area (Å²) < 4.78 is 11.7. The lowest BCUT2D eigenvalue weighted by Gasteiger charge is -2.29. The normalized spacial score (nSPS) is 18.1. The monoisotopic (exact) mass is 450 g/mol. The average Bonchev–Trinajstić information content (AvgIpc) is 2.87. The van der Waals surface area contributed by atoms with Gasteiger partial charge in [0, 0.05) is 5.56 Å². The molecule has 0 atom stereocenters. The lowest BCUT2D eigenvalue weighted by Crippen LogP contribution is -2.13. The Morgan fingerprint density at radius 2 is 1.30 bits per heavy atom. The van der Waals surface area contributed by atoms with Gasteiger partial charge in [0.15, 0.2) is 0 Å². The molecule has 0 aromatic heterocycles. The molecule has 0 N–H and O–H groups in total. The molecule has 0 saturated heterocycles. The van der Waals surface area contributed by atoms with Crippen LogP contribution in [0.1, 0.15) is 106 Å². The summed E-state index contributed by atoms with van der Waals surface area (Å²) >= 11 is 0. The summed E-state index contributed by atoms with van der Waals surface area (Å²) in [5, 5.41) is 0. The van der Waals surface area contributed by atoms with Gasteiger partial charge in [0.25, 0.3) is 0 Å². The molecule has 0 radical (unpaired) electrons. The van der Waals surface area contributed by atoms with Crippen LogP contribution in [-0.4, -0.2) is 19.5 Å². The van der Waals surface area contributed by atoms with E-state index in [9.17, 15) is 4.79 Å². The summed E-state index contributed by atoms with van der Waals surface area (Å²) in [5.41, 5.74) is 2.17. The maximum atomic E-state index is 10.7. The van der Waals surface area contributed by atoms with Crippen molar-refractivity contribution in [3.05, 3.63) is 59.7 Å². The third kappa shape index (κ3) is 9.23. The van der Waals surface area contributed by atoms with Crippen molar-refractivity contribution in [3.63, 3.8) is 0 Å². The lowest BCUT2D eigenvalue weighted by atomic mass is 9.77. The van der Waals surface area contributed by atoms with E-state index in [0.717, 1.165) is 61.9 Å². The van der Waals surface area contributed by atoms with Gasteiger partial charge in [-0.3, -0.25) is 4.79 Å². The zero-order chi connectivity index (χ0) is 23.1. The van der Waals surface area contributed by atoms with Crippen LogP contribution in [0.25, 0.3) is 0 Å². The summed E-state index contributed by atoms with van der Waals surface area (Å²) in [7, 11) is 0. The molecule has 0 spiro atoms. The van der Waals surface area contributed by atoms with Crippen molar-refractivity contribution in [3.8, 4) is 11.5 Å². The fourth-order valence-corrected chi connectivity index (χ4v) is 4.88. The first kappa shape index (κ1) is 25.3. The summed E-state index contributed by atoms with van der Waals surface area (Å²) in [6.45, 7) is 3.78. The summed E-state index contributed by atoms with van der Waals surface area (Å²) in [5.74, 6) is 3.53. The van der Waals surface area contributed by atoms with Gasteiger partial charge in [-0.05, 0) is 105 Å². The van der Waals surface area contributed by atoms with E-state index in [1.54, 1.807) is 12.1 Å². The number of aldehydes is 1. The number of rotatable bonds is 15. The van der Waals surface area contributed by atoms with Gasteiger partial charge in [-0.15, -0.1) is 0 Å². The first-order valence-electron chi connectivity index (χ1n) is 13.2. The maximum absolute atomic E-state index is 10.7. The zero-order valence-electron chi connectivity index (χ0n) is 20.5. The standard InChI is InChI=1S/C30H42O3/c1-2-3-6-9-25-10-14-27(15-11-25)28-16-20-30(21-17-28)33-23-8-5-4-7-22-32-29-18-12-26(24-31)13-19-29/h12-13,16-21,24-25,27H,2-11,14-15,22-23H2,1H3. The minimum Gasteiger partial charge on any atom is -0.494 e. The minimum absolute atomic E-state index is 0.678. The van der Waals surface area contributed by atoms with Crippen LogP contribution in [0.15, 0.2) is 48.5 Å². The zero-order valence-corrected chi connectivity index (χ0v) is 20.5. The molecule has 0 aliphatic heterocycles. The smallest absolute Gasteiger partial charge is 0.150 e. The maximum Gasteiger partial charge on any atom is 0.150 e. The Hall–Kier alpha value is -2.29. The molecule has 2 aromatic rings. The molecular weight excluding hydrogens is 408 g/mol. The molecule has 1 aliphatic carbocycles. The van der Waals surface area contributed by atoms with Crippen LogP contribution in [0.2, 0.25) is 0 Å². The fraction of sp³-hybridized carbons (Fsp3) is 0.567. The van der Waals surface area contributed by atoms with Crippen LogP contribution in [-0.2, 0) is 0 Å². The predicted molar refractivity (Wildman–Crippen MR) is 137 cm³/mol. The number of carbonyl (C=O) groups is 1. The van der Waals surface area contributed by atoms with E-state index in [1.807, 2.05) is 12.1 Å². The largest absolute Gasteiger partial charge is 0.494 e. The van der Waals surface area contributed by atoms with E-state index in [4.69, 9.17) is 9.47 Å². The van der Waals surface area contributed by atoms with Crippen LogP contribution >= 0.6 is 0 Å². The Kier molecular flexibility index (Phi) is 11.3. The van der Waals surface area contributed by atoms with Crippen molar-refractivity contribution in [2.24, 2.45) is 5.92 Å². The number of carbonyl (C=O) groups excluding carboxylic acids is 1. The molecule has 1 saturated carbocycles. The van der Waals surface area contributed by atoms with Gasteiger partial charge in [-0.2, -0.15) is 0 Å². The van der Waals surface area contributed by atoms with E-state index in [2.05, 4.69) is 31.2 Å². The highest BCUT2D eigenvalue weighted by atomic mass is 16.5. The second-order valence-corrected chi connectivity index (χ2v) is 9.58. The van der Waals surface area contributed by atoms with Crippen molar-refractivity contribution >= 4 is 6.29 Å². The molecule has 0 heterocycles. The number of benzene rings is 2. The van der Waals surface area contributed by atoms with Crippen molar-refractivity contribution in [2.75, 3.05) is 13.2 Å². The Balaban J connectivity index is 1.22. The molecule has 3 nitrogen and oxygen atoms in total. The van der Waals surface area contributed by atoms with Gasteiger partial charge in [0.1, 0.15) is 17.8 Å². The van der Waals surface area contributed by atoms with Crippen molar-refractivity contribution < 1.29 is 14.3 Å². The topological polar surface area (TPSA) is 35.5 Å². The summed E-state index contributed by atoms with van der Waals surface area (Å²) in [4.78, 5) is 10.7. The Labute approximate surface area is 200 Å². The second-order valence-electron chi connectivity index (χ2n) is 9.58. The molecule has 2 aromatic carbocycles. The van der Waals surface area contributed by atoms with E-state index in [0.29, 0.717) is 12.2 Å². The number of hydrogen-bond acceptors (Lipinski definition) is 3. The Bertz CT molecular complexity index is 773. The van der Waals surface area contributed by atoms with Crippen LogP contribution in [0.5, 0.6) is 11.5 Å². The number of unbranched alkanes of at least 4 members (excludes halogenated alkanes) is 5. The molecule has 0 amide bonds. The van der Waals surface area contributed by atoms with Gasteiger partial charge in [0.05, 0.1) is 13.2 Å². The van der Waals surface area contributed by atoms with Gasteiger partial charge in [-0.25, -0.2) is 0 Å². The summed E-state index contributed by atoms with van der Waals surface area (Å²) in [6, 6.07) is 16.2. The first-order valence-corrected chi connectivity index (χ1v) is 13.2. The van der Waals surface area contributed by atoms with Crippen LogP contribution in [0.4, 0.5) is 0 Å². The van der Waals surface area contributed by atoms with E-state index in [-0.39, 0.29) is 0 Å². The third-order valence-corrected chi connectivity index (χ3v) is 7.01. The third-order valence-electron chi connectivity index (χ3n) is 7.01. The molecule has 1 aliphatic rings. The first-order chi connectivity index (χ1) is 16.3. The highest BCUT2D eigenvalue weighted by Crippen LogP contribution is 2.38. The average molecular weight is 451 g/mol. The van der Waals surface area contributed by atoms with Crippen molar-refractivity contribution in [1.29, 1.82) is 0 Å². The molecule has 33 heavy (non-hydrogen) atoms. The van der Waals surface area contributed by atoms with Gasteiger partial charge >= 0.3 is 0 Å². The van der Waals surface area contributed by atoms with Crippen molar-refractivity contribution in [1.82, 2.24) is 0 Å². The van der Waals surface area contributed by atoms with Crippen LogP contribution < -0.4 is 9.47 Å². The Morgan fingerprint density at radius 3 is 1.85 bits per heavy atom. The molecular formula is C30H42O3. The predicted octanol–water partition coefficient (Wildman–Crippen LogP) is 8.37. The fourth-order valence-electron chi connectivity index (χ4n) is 4.88. The molecule has 0 unspecified atom stereocenters. The number of ether oxygens (including phenoxy) is 2. The van der Waals surface area contributed by atoms with Crippen molar-refractivity contribution in [2.45, 2.75) is 89.9 Å². The van der Waals surface area contributed by atoms with Gasteiger partial charge in [-0.1, -0.05) is 44.7 Å². The summed E-state index contributed by atoms with van der Waals surface area (Å²) in [6.07, 6.45) is 16.3. The molecule has 0 bridgehead atoms. The molecule has 3 heteroatoms. The van der Waals surface area contributed by atoms with Crippen LogP contribution in [0, 0.1) is 5.92 Å². The SMILES string of the molecule is CCCCCC1CCC(c2ccc(OCCCCCCOc3ccc(C=O)cc3)cc2)CC1. The highest BCUT2D eigenvalue weighted by Gasteiger charge is 2.22. The van der Waals surface area contributed by atoms with Gasteiger partial charge < -0.3 is 9.47 Å².